The molecule has 1 aliphatic heterocycles. The Labute approximate surface area is 181 Å². The first-order chi connectivity index (χ1) is 14.7. The molecule has 0 atom stereocenters. The maximum Gasteiger partial charge on any atom is 0.279 e. The van der Waals surface area contributed by atoms with Crippen LogP contribution in [0.3, 0.4) is 0 Å². The second-order valence-corrected chi connectivity index (χ2v) is 9.70. The highest BCUT2D eigenvalue weighted by Gasteiger charge is 2.30. The van der Waals surface area contributed by atoms with Crippen molar-refractivity contribution in [1.29, 1.82) is 0 Å². The van der Waals surface area contributed by atoms with E-state index >= 15 is 0 Å². The Morgan fingerprint density at radius 3 is 2.77 bits per heavy atom. The van der Waals surface area contributed by atoms with E-state index in [0.717, 1.165) is 70.0 Å². The normalized spacial score (nSPS) is 17.1. The highest BCUT2D eigenvalue weighted by molar-refractivity contribution is 7.25. The van der Waals surface area contributed by atoms with Gasteiger partial charge in [-0.05, 0) is 31.2 Å². The number of pyridine rings is 1. The second kappa shape index (κ2) is 8.61. The number of hydrogen-bond donors (Lipinski definition) is 2. The van der Waals surface area contributed by atoms with Gasteiger partial charge in [0.25, 0.3) is 5.82 Å². The molecule has 0 spiro atoms. The van der Waals surface area contributed by atoms with Gasteiger partial charge in [0.15, 0.2) is 4.83 Å². The molecule has 2 aliphatic rings. The zero-order chi connectivity index (χ0) is 20.5. The zero-order valence-electron chi connectivity index (χ0n) is 18.0. The first-order valence-corrected chi connectivity index (χ1v) is 12.0. The van der Waals surface area contributed by atoms with Gasteiger partial charge >= 0.3 is 0 Å². The molecule has 1 saturated heterocycles. The number of aromatic amines is 1. The van der Waals surface area contributed by atoms with Crippen LogP contribution in [-0.2, 0) is 17.6 Å². The number of quaternary nitrogens is 1. The van der Waals surface area contributed by atoms with Gasteiger partial charge < -0.3 is 15.0 Å². The van der Waals surface area contributed by atoms with Gasteiger partial charge in [-0.25, -0.2) is 15.0 Å². The van der Waals surface area contributed by atoms with Crippen LogP contribution in [0, 0.1) is 0 Å². The summed E-state index contributed by atoms with van der Waals surface area (Å²) >= 11 is 1.80. The number of H-pyrrole nitrogens is 1. The Morgan fingerprint density at radius 1 is 1.17 bits per heavy atom. The van der Waals surface area contributed by atoms with E-state index < -0.39 is 0 Å². The monoisotopic (exact) mass is 428 g/mol. The summed E-state index contributed by atoms with van der Waals surface area (Å²) in [5.74, 6) is 2.28. The summed E-state index contributed by atoms with van der Waals surface area (Å²) in [6.45, 7) is 5.62. The molecule has 7 nitrogen and oxygen atoms in total. The molecule has 1 aliphatic carbocycles. The molecule has 3 aromatic heterocycles. The van der Waals surface area contributed by atoms with E-state index in [2.05, 4.69) is 34.3 Å². The van der Waals surface area contributed by atoms with E-state index in [1.165, 1.54) is 49.6 Å². The zero-order valence-corrected chi connectivity index (χ0v) is 18.8. The van der Waals surface area contributed by atoms with Crippen LogP contribution in [-0.4, -0.2) is 63.5 Å². The number of aromatic nitrogens is 3. The van der Waals surface area contributed by atoms with Crippen molar-refractivity contribution < 1.29 is 14.6 Å². The van der Waals surface area contributed by atoms with Gasteiger partial charge in [-0.1, -0.05) is 11.3 Å². The predicted molar refractivity (Wildman–Crippen MR) is 122 cm³/mol. The maximum atomic E-state index is 5.60. The minimum absolute atomic E-state index is 0.807. The van der Waals surface area contributed by atoms with Crippen LogP contribution in [0.15, 0.2) is 6.33 Å². The van der Waals surface area contributed by atoms with Crippen LogP contribution in [0.4, 0.5) is 11.6 Å². The highest BCUT2D eigenvalue weighted by Crippen LogP contribution is 2.40. The standard InChI is InChI=1S/C22H30N6OS/c1-27(2)9-5-8-23-20-19-18(24-14-25-20)17-15-6-3-4-7-16(15)21(26-22(17)30-19)28-10-12-29-13-11-28/h14H,3-13H2,1-2H3,(H,23,24,25)/p+2. The summed E-state index contributed by atoms with van der Waals surface area (Å²) in [5.41, 5.74) is 4.11. The fourth-order valence-corrected chi connectivity index (χ4v) is 5.88. The third kappa shape index (κ3) is 3.72. The summed E-state index contributed by atoms with van der Waals surface area (Å²) in [5, 5.41) is 4.89. The molecule has 0 amide bonds. The second-order valence-electron chi connectivity index (χ2n) is 8.68. The Kier molecular flexibility index (Phi) is 5.71. The number of fused-ring (bicyclic) bond motifs is 5. The fourth-order valence-electron chi connectivity index (χ4n) is 4.73. The first kappa shape index (κ1) is 19.9. The number of ether oxygens (including phenoxy) is 1. The molecule has 0 radical (unpaired) electrons. The van der Waals surface area contributed by atoms with Gasteiger partial charge in [-0.2, -0.15) is 0 Å². The number of rotatable bonds is 6. The molecule has 3 N–H and O–H groups in total. The highest BCUT2D eigenvalue weighted by atomic mass is 32.1. The molecule has 0 bridgehead atoms. The van der Waals surface area contributed by atoms with E-state index in [1.807, 2.05) is 0 Å². The van der Waals surface area contributed by atoms with E-state index in [0.29, 0.717) is 0 Å². The van der Waals surface area contributed by atoms with Gasteiger partial charge in [0.1, 0.15) is 29.9 Å². The van der Waals surface area contributed by atoms with Crippen molar-refractivity contribution in [2.75, 3.05) is 63.7 Å². The largest absolute Gasteiger partial charge is 0.373 e. The first-order valence-electron chi connectivity index (χ1n) is 11.2. The summed E-state index contributed by atoms with van der Waals surface area (Å²) in [7, 11) is 4.39. The lowest BCUT2D eigenvalue weighted by Crippen LogP contribution is -3.05. The lowest BCUT2D eigenvalue weighted by atomic mass is 9.90. The van der Waals surface area contributed by atoms with E-state index in [4.69, 9.17) is 9.72 Å². The van der Waals surface area contributed by atoms with Crippen LogP contribution >= 0.6 is 11.3 Å². The van der Waals surface area contributed by atoms with Crippen molar-refractivity contribution in [2.24, 2.45) is 0 Å². The van der Waals surface area contributed by atoms with Crippen molar-refractivity contribution in [3.63, 3.8) is 0 Å². The number of nitrogens with zero attached hydrogens (tertiary/aromatic N) is 3. The predicted octanol–water partition coefficient (Wildman–Crippen LogP) is 1.32. The molecule has 30 heavy (non-hydrogen) atoms. The summed E-state index contributed by atoms with van der Waals surface area (Å²) in [4.78, 5) is 18.3. The molecule has 0 aromatic carbocycles. The number of nitrogens with one attached hydrogen (secondary N) is 3. The van der Waals surface area contributed by atoms with Crippen LogP contribution < -0.4 is 20.1 Å². The van der Waals surface area contributed by atoms with Crippen molar-refractivity contribution >= 4 is 43.4 Å². The third-order valence-electron chi connectivity index (χ3n) is 6.23. The third-order valence-corrected chi connectivity index (χ3v) is 7.33. The van der Waals surface area contributed by atoms with Crippen LogP contribution in [0.25, 0.3) is 20.4 Å². The Morgan fingerprint density at radius 2 is 1.97 bits per heavy atom. The van der Waals surface area contributed by atoms with Crippen LogP contribution in [0.5, 0.6) is 0 Å². The van der Waals surface area contributed by atoms with Crippen LogP contribution in [0.2, 0.25) is 0 Å². The summed E-state index contributed by atoms with van der Waals surface area (Å²) < 4.78 is 6.77. The number of morpholine rings is 1. The summed E-state index contributed by atoms with van der Waals surface area (Å²) in [6.07, 6.45) is 7.66. The molecular formula is C22H32N6OS+2. The van der Waals surface area contributed by atoms with Crippen molar-refractivity contribution in [3.8, 4) is 0 Å². The number of thiophene rings is 1. The lowest BCUT2D eigenvalue weighted by molar-refractivity contribution is -0.858. The van der Waals surface area contributed by atoms with Gasteiger partial charge in [0, 0.05) is 18.5 Å². The molecule has 160 valence electrons. The molecule has 8 heteroatoms. The van der Waals surface area contributed by atoms with E-state index in [9.17, 15) is 0 Å². The summed E-state index contributed by atoms with van der Waals surface area (Å²) in [6, 6.07) is 0. The minimum atomic E-state index is 0.807. The molecular weight excluding hydrogens is 396 g/mol. The van der Waals surface area contributed by atoms with Crippen molar-refractivity contribution in [1.82, 2.24) is 9.97 Å². The van der Waals surface area contributed by atoms with Gasteiger partial charge in [0.2, 0.25) is 0 Å². The Bertz CT molecular complexity index is 1040. The van der Waals surface area contributed by atoms with E-state index in [-0.39, 0.29) is 0 Å². The van der Waals surface area contributed by atoms with Gasteiger partial charge in [-0.15, -0.1) is 0 Å². The van der Waals surface area contributed by atoms with Crippen molar-refractivity contribution in [2.45, 2.75) is 32.1 Å². The molecule has 5 rings (SSSR count). The molecule has 3 aromatic rings. The number of aryl methyl sites for hydroxylation is 1. The topological polar surface area (TPSA) is 68.9 Å². The fraction of sp³-hybridized carbons (Fsp3) is 0.591. The van der Waals surface area contributed by atoms with Gasteiger partial charge in [-0.3, -0.25) is 4.90 Å². The number of hydrogen-bond acceptors (Lipinski definition) is 6. The maximum absolute atomic E-state index is 5.60. The molecule has 0 saturated carbocycles. The molecule has 1 fully saturated rings. The van der Waals surface area contributed by atoms with E-state index in [1.54, 1.807) is 17.7 Å². The van der Waals surface area contributed by atoms with Crippen LogP contribution in [0.1, 0.15) is 30.4 Å². The van der Waals surface area contributed by atoms with Crippen molar-refractivity contribution in [3.05, 3.63) is 17.5 Å². The smallest absolute Gasteiger partial charge is 0.279 e. The Balaban J connectivity index is 1.58. The quantitative estimate of drug-likeness (QED) is 0.580. The molecule has 4 heterocycles. The number of anilines is 2. The SMILES string of the molecule is C[NH+](C)CCCNc1ncnc2c1sc1[nH+]c(N3CCOCC3)c3c(c12)CCCC3. The average Bonchev–Trinajstić information content (AvgIpc) is 3.16. The van der Waals surface area contributed by atoms with Gasteiger partial charge in [0.05, 0.1) is 44.8 Å². The molecule has 0 unspecified atom stereocenters. The Hall–Kier alpha value is -2.03. The lowest BCUT2D eigenvalue weighted by Gasteiger charge is -2.25. The minimum Gasteiger partial charge on any atom is -0.373 e. The average molecular weight is 429 g/mol.